The van der Waals surface area contributed by atoms with Crippen molar-refractivity contribution in [2.45, 2.75) is 75.0 Å². The summed E-state index contributed by atoms with van der Waals surface area (Å²) in [5, 5.41) is 3.12. The van der Waals surface area contributed by atoms with Crippen LogP contribution in [0.3, 0.4) is 0 Å². The standard InChI is InChI=1S/C28H34N4O5S/c1-27(2)15-24(33)32(26(29)31-27)16-18-11-12-38(35,36)23-10-9-17(13-20(18)23)25(34)30-21-14-28(3,4)37-22-8-6-5-7-19(21)22/h5-10,13,18,21H,11-12,14-16H2,1-4H3,(H2,29,31)(H,30,34)/t18-,21+/m1/s1. The lowest BCUT2D eigenvalue weighted by Crippen LogP contribution is -2.51. The van der Waals surface area contributed by atoms with Gasteiger partial charge in [-0.25, -0.2) is 13.4 Å². The topological polar surface area (TPSA) is 131 Å². The van der Waals surface area contributed by atoms with Crippen LogP contribution in [0.5, 0.6) is 5.75 Å². The molecule has 0 saturated heterocycles. The largest absolute Gasteiger partial charge is 0.487 e. The second-order valence-corrected chi connectivity index (χ2v) is 13.7. The highest BCUT2D eigenvalue weighted by Gasteiger charge is 2.38. The van der Waals surface area contributed by atoms with Gasteiger partial charge in [0, 0.05) is 30.0 Å². The smallest absolute Gasteiger partial charge is 0.251 e. The Balaban J connectivity index is 1.44. The molecule has 2 aromatic rings. The van der Waals surface area contributed by atoms with Crippen molar-refractivity contribution in [3.05, 3.63) is 59.2 Å². The number of nitrogens with one attached hydrogen (secondary N) is 1. The first-order chi connectivity index (χ1) is 17.7. The molecule has 0 aromatic heterocycles. The number of rotatable bonds is 4. The van der Waals surface area contributed by atoms with Crippen molar-refractivity contribution in [1.29, 1.82) is 0 Å². The Morgan fingerprint density at radius 3 is 2.63 bits per heavy atom. The van der Waals surface area contributed by atoms with Crippen LogP contribution in [0.25, 0.3) is 0 Å². The Morgan fingerprint density at radius 2 is 1.89 bits per heavy atom. The van der Waals surface area contributed by atoms with Gasteiger partial charge >= 0.3 is 0 Å². The molecule has 0 unspecified atom stereocenters. The molecule has 0 saturated carbocycles. The van der Waals surface area contributed by atoms with Gasteiger partial charge in [-0.3, -0.25) is 14.5 Å². The number of guanidine groups is 1. The second-order valence-electron chi connectivity index (χ2n) is 11.7. The summed E-state index contributed by atoms with van der Waals surface area (Å²) in [6.45, 7) is 7.86. The zero-order chi connectivity index (χ0) is 27.5. The van der Waals surface area contributed by atoms with Gasteiger partial charge in [-0.05, 0) is 63.9 Å². The fraction of sp³-hybridized carbons (Fsp3) is 0.464. The van der Waals surface area contributed by atoms with E-state index in [0.717, 1.165) is 11.3 Å². The summed E-state index contributed by atoms with van der Waals surface area (Å²) in [6.07, 6.45) is 1.13. The van der Waals surface area contributed by atoms with Gasteiger partial charge in [0.25, 0.3) is 5.91 Å². The van der Waals surface area contributed by atoms with E-state index in [-0.39, 0.29) is 53.3 Å². The minimum absolute atomic E-state index is 0.0330. The quantitative estimate of drug-likeness (QED) is 0.614. The molecule has 2 amide bonds. The molecule has 5 rings (SSSR count). The predicted molar refractivity (Wildman–Crippen MR) is 144 cm³/mol. The monoisotopic (exact) mass is 538 g/mol. The van der Waals surface area contributed by atoms with Crippen molar-refractivity contribution < 1.29 is 22.7 Å². The van der Waals surface area contributed by atoms with E-state index >= 15 is 0 Å². The summed E-state index contributed by atoms with van der Waals surface area (Å²) in [4.78, 5) is 32.4. The first-order valence-electron chi connectivity index (χ1n) is 12.9. The van der Waals surface area contributed by atoms with Crippen LogP contribution in [0.4, 0.5) is 0 Å². The van der Waals surface area contributed by atoms with Gasteiger partial charge in [0.1, 0.15) is 11.4 Å². The molecule has 10 heteroatoms. The van der Waals surface area contributed by atoms with Crippen molar-refractivity contribution in [2.24, 2.45) is 10.7 Å². The normalized spacial score (nSPS) is 24.9. The van der Waals surface area contributed by atoms with E-state index < -0.39 is 21.0 Å². The van der Waals surface area contributed by atoms with Gasteiger partial charge in [-0.1, -0.05) is 18.2 Å². The number of hydrogen-bond donors (Lipinski definition) is 2. The highest BCUT2D eigenvalue weighted by Crippen LogP contribution is 2.40. The zero-order valence-electron chi connectivity index (χ0n) is 22.2. The number of amides is 2. The van der Waals surface area contributed by atoms with Crippen LogP contribution < -0.4 is 15.8 Å². The molecular formula is C28H34N4O5S. The van der Waals surface area contributed by atoms with E-state index in [2.05, 4.69) is 10.3 Å². The maximum atomic E-state index is 13.4. The lowest BCUT2D eigenvalue weighted by molar-refractivity contribution is -0.129. The Bertz CT molecular complexity index is 1450. The van der Waals surface area contributed by atoms with Crippen LogP contribution in [0.1, 0.15) is 80.4 Å². The van der Waals surface area contributed by atoms with Crippen molar-refractivity contribution in [3.63, 3.8) is 0 Å². The molecule has 0 spiro atoms. The third-order valence-corrected chi connectivity index (χ3v) is 9.26. The third kappa shape index (κ3) is 5.01. The minimum Gasteiger partial charge on any atom is -0.487 e. The lowest BCUT2D eigenvalue weighted by atomic mass is 9.89. The van der Waals surface area contributed by atoms with Gasteiger partial charge in [0.05, 0.1) is 28.6 Å². The Hall–Kier alpha value is -3.40. The first kappa shape index (κ1) is 26.2. The molecule has 0 bridgehead atoms. The highest BCUT2D eigenvalue weighted by molar-refractivity contribution is 7.91. The summed E-state index contributed by atoms with van der Waals surface area (Å²) in [5.74, 6) is 0.0866. The van der Waals surface area contributed by atoms with E-state index in [4.69, 9.17) is 10.5 Å². The summed E-state index contributed by atoms with van der Waals surface area (Å²) >= 11 is 0. The third-order valence-electron chi connectivity index (χ3n) is 7.45. The molecule has 0 fully saturated rings. The average molecular weight is 539 g/mol. The number of hydrogen-bond acceptors (Lipinski definition) is 7. The number of benzene rings is 2. The van der Waals surface area contributed by atoms with Gasteiger partial charge in [-0.15, -0.1) is 0 Å². The molecule has 3 N–H and O–H groups in total. The maximum absolute atomic E-state index is 13.4. The van der Waals surface area contributed by atoms with Crippen molar-refractivity contribution in [2.75, 3.05) is 12.3 Å². The molecule has 0 aliphatic carbocycles. The molecule has 2 atom stereocenters. The average Bonchev–Trinajstić information content (AvgIpc) is 2.81. The number of ether oxygens (including phenoxy) is 1. The van der Waals surface area contributed by atoms with Gasteiger partial charge in [-0.2, -0.15) is 0 Å². The molecule has 3 aliphatic rings. The van der Waals surface area contributed by atoms with Gasteiger partial charge < -0.3 is 15.8 Å². The minimum atomic E-state index is -3.50. The van der Waals surface area contributed by atoms with Crippen molar-refractivity contribution in [3.8, 4) is 5.75 Å². The number of nitrogens with two attached hydrogens (primary N) is 1. The van der Waals surface area contributed by atoms with Crippen LogP contribution in [-0.4, -0.2) is 54.5 Å². The number of fused-ring (bicyclic) bond motifs is 2. The van der Waals surface area contributed by atoms with E-state index in [1.54, 1.807) is 12.1 Å². The number of nitrogens with zero attached hydrogens (tertiary/aromatic N) is 2. The van der Waals surface area contributed by atoms with Crippen LogP contribution in [0, 0.1) is 0 Å². The maximum Gasteiger partial charge on any atom is 0.251 e. The predicted octanol–water partition coefficient (Wildman–Crippen LogP) is 3.31. The molecule has 3 heterocycles. The van der Waals surface area contributed by atoms with E-state index in [1.165, 1.54) is 11.0 Å². The lowest BCUT2D eigenvalue weighted by Gasteiger charge is -2.38. The molecular weight excluding hydrogens is 504 g/mol. The van der Waals surface area contributed by atoms with Crippen LogP contribution in [0.15, 0.2) is 52.4 Å². The molecule has 3 aliphatic heterocycles. The van der Waals surface area contributed by atoms with Crippen LogP contribution >= 0.6 is 0 Å². The van der Waals surface area contributed by atoms with E-state index in [1.807, 2.05) is 52.0 Å². The van der Waals surface area contributed by atoms with E-state index in [0.29, 0.717) is 24.0 Å². The summed E-state index contributed by atoms with van der Waals surface area (Å²) < 4.78 is 31.9. The number of para-hydroxylation sites is 1. The second kappa shape index (κ2) is 9.11. The molecule has 0 radical (unpaired) electrons. The Kier molecular flexibility index (Phi) is 6.29. The Morgan fingerprint density at radius 1 is 1.16 bits per heavy atom. The zero-order valence-corrected chi connectivity index (χ0v) is 23.0. The number of carbonyl (C=O) groups excluding carboxylic acids is 2. The Labute approximate surface area is 223 Å². The molecule has 2 aromatic carbocycles. The fourth-order valence-corrected chi connectivity index (χ4v) is 7.31. The SMILES string of the molecule is CC1(C)CC(=O)N(C[C@H]2CCS(=O)(=O)c3ccc(C(=O)N[C@H]4CC(C)(C)Oc5ccccc54)cc32)C(N)=N1. The van der Waals surface area contributed by atoms with Crippen molar-refractivity contribution >= 4 is 27.6 Å². The van der Waals surface area contributed by atoms with Crippen LogP contribution in [0.2, 0.25) is 0 Å². The summed E-state index contributed by atoms with van der Waals surface area (Å²) in [7, 11) is -3.50. The summed E-state index contributed by atoms with van der Waals surface area (Å²) in [5.41, 5.74) is 6.90. The molecule has 9 nitrogen and oxygen atoms in total. The van der Waals surface area contributed by atoms with Crippen molar-refractivity contribution in [1.82, 2.24) is 10.2 Å². The molecule has 202 valence electrons. The van der Waals surface area contributed by atoms with Gasteiger partial charge in [0.15, 0.2) is 15.8 Å². The molecule has 38 heavy (non-hydrogen) atoms. The highest BCUT2D eigenvalue weighted by atomic mass is 32.2. The van der Waals surface area contributed by atoms with E-state index in [9.17, 15) is 18.0 Å². The first-order valence-corrected chi connectivity index (χ1v) is 14.5. The number of sulfone groups is 1. The van der Waals surface area contributed by atoms with Crippen LogP contribution in [-0.2, 0) is 14.6 Å². The number of aliphatic imine (C=N–C) groups is 1. The van der Waals surface area contributed by atoms with Gasteiger partial charge in [0.2, 0.25) is 5.91 Å². The summed E-state index contributed by atoms with van der Waals surface area (Å²) in [6, 6.07) is 12.1. The fourth-order valence-electron chi connectivity index (χ4n) is 5.64. The number of carbonyl (C=O) groups is 2.